The highest BCUT2D eigenvalue weighted by molar-refractivity contribution is 6.08. The molecule has 0 heterocycles. The summed E-state index contributed by atoms with van der Waals surface area (Å²) < 4.78 is 13.5. The Balaban J connectivity index is 3.27. The molecule has 0 aliphatic heterocycles. The molecule has 1 aromatic carbocycles. The van der Waals surface area contributed by atoms with Gasteiger partial charge < -0.3 is 0 Å². The lowest BCUT2D eigenvalue weighted by atomic mass is 9.90. The summed E-state index contributed by atoms with van der Waals surface area (Å²) in [6.07, 6.45) is 1.97. The van der Waals surface area contributed by atoms with E-state index in [1.165, 1.54) is 0 Å². The maximum atomic E-state index is 13.5. The van der Waals surface area contributed by atoms with Crippen molar-refractivity contribution >= 4 is 13.4 Å². The van der Waals surface area contributed by atoms with E-state index in [1.54, 1.807) is 6.07 Å². The molecule has 0 nitrogen and oxygen atoms in total. The zero-order valence-electron chi connectivity index (χ0n) is 9.44. The summed E-state index contributed by atoms with van der Waals surface area (Å²) in [5, 5.41) is 0. The highest BCUT2D eigenvalue weighted by Gasteiger charge is 2.08. The van der Waals surface area contributed by atoms with Crippen LogP contribution in [0.4, 0.5) is 4.39 Å². The Morgan fingerprint density at radius 2 is 2.00 bits per heavy atom. The first-order chi connectivity index (χ1) is 7.13. The van der Waals surface area contributed by atoms with Crippen LogP contribution >= 0.6 is 0 Å². The summed E-state index contributed by atoms with van der Waals surface area (Å²) in [6.45, 7) is 8.03. The first-order valence-electron chi connectivity index (χ1n) is 5.33. The lowest BCUT2D eigenvalue weighted by Gasteiger charge is -2.12. The smallest absolute Gasteiger partial charge is 0.126 e. The molecule has 0 fully saturated rings. The standard InChI is InChI=1S/C13H16BF/c1-4-9(3)12-7-13(15)11(8-14)6-10(12)5-2/h6-7H,3-5,8H2,1-2H3. The Hall–Kier alpha value is -1.05. The topological polar surface area (TPSA) is 0 Å². The Morgan fingerprint density at radius 3 is 2.47 bits per heavy atom. The molecule has 0 aliphatic carbocycles. The van der Waals surface area contributed by atoms with Crippen molar-refractivity contribution in [2.24, 2.45) is 0 Å². The van der Waals surface area contributed by atoms with E-state index >= 15 is 0 Å². The molecule has 0 aliphatic rings. The minimum Gasteiger partial charge on any atom is -0.207 e. The SMILES string of the molecule is [B]Cc1cc(CC)c(C(=C)CC)cc1F. The van der Waals surface area contributed by atoms with Crippen molar-refractivity contribution in [3.05, 3.63) is 41.2 Å². The lowest BCUT2D eigenvalue weighted by molar-refractivity contribution is 0.615. The molecular weight excluding hydrogens is 186 g/mol. The summed E-state index contributed by atoms with van der Waals surface area (Å²) in [5.41, 5.74) is 3.63. The zero-order valence-corrected chi connectivity index (χ0v) is 9.44. The van der Waals surface area contributed by atoms with Gasteiger partial charge in [0.15, 0.2) is 0 Å². The predicted molar refractivity (Wildman–Crippen MR) is 64.6 cm³/mol. The first-order valence-corrected chi connectivity index (χ1v) is 5.33. The number of hydrogen-bond donors (Lipinski definition) is 0. The van der Waals surface area contributed by atoms with E-state index in [4.69, 9.17) is 7.85 Å². The van der Waals surface area contributed by atoms with Crippen molar-refractivity contribution in [2.45, 2.75) is 33.0 Å². The van der Waals surface area contributed by atoms with Crippen molar-refractivity contribution in [3.63, 3.8) is 0 Å². The minimum atomic E-state index is -0.223. The summed E-state index contributed by atoms with van der Waals surface area (Å²) in [6, 6.07) is 3.42. The maximum absolute atomic E-state index is 13.5. The van der Waals surface area contributed by atoms with Crippen LogP contribution in [0, 0.1) is 5.82 Å². The van der Waals surface area contributed by atoms with E-state index in [0.29, 0.717) is 5.56 Å². The summed E-state index contributed by atoms with van der Waals surface area (Å²) in [5.74, 6) is -0.223. The zero-order chi connectivity index (χ0) is 11.4. The van der Waals surface area contributed by atoms with Gasteiger partial charge in [-0.05, 0) is 41.2 Å². The Morgan fingerprint density at radius 1 is 1.33 bits per heavy atom. The van der Waals surface area contributed by atoms with Crippen LogP contribution in [-0.4, -0.2) is 7.85 Å². The second-order valence-electron chi connectivity index (χ2n) is 3.62. The molecular formula is C13H16BF. The van der Waals surface area contributed by atoms with E-state index in [-0.39, 0.29) is 12.1 Å². The van der Waals surface area contributed by atoms with Crippen molar-refractivity contribution in [3.8, 4) is 0 Å². The van der Waals surface area contributed by atoms with Crippen LogP contribution < -0.4 is 0 Å². The summed E-state index contributed by atoms with van der Waals surface area (Å²) >= 11 is 0. The van der Waals surface area contributed by atoms with Gasteiger partial charge in [-0.25, -0.2) is 4.39 Å². The van der Waals surface area contributed by atoms with E-state index < -0.39 is 0 Å². The number of rotatable bonds is 4. The quantitative estimate of drug-likeness (QED) is 0.655. The first kappa shape index (κ1) is 12.0. The molecule has 78 valence electrons. The second-order valence-corrected chi connectivity index (χ2v) is 3.62. The van der Waals surface area contributed by atoms with Crippen LogP contribution in [0.5, 0.6) is 0 Å². The van der Waals surface area contributed by atoms with Gasteiger partial charge in [0.1, 0.15) is 5.82 Å². The van der Waals surface area contributed by atoms with Crippen molar-refractivity contribution in [1.82, 2.24) is 0 Å². The molecule has 1 rings (SSSR count). The maximum Gasteiger partial charge on any atom is 0.126 e. The molecule has 2 radical (unpaired) electrons. The highest BCUT2D eigenvalue weighted by Crippen LogP contribution is 2.24. The van der Waals surface area contributed by atoms with Crippen molar-refractivity contribution in [1.29, 1.82) is 0 Å². The third-order valence-electron chi connectivity index (χ3n) is 2.68. The largest absolute Gasteiger partial charge is 0.207 e. The Labute approximate surface area is 92.6 Å². The third-order valence-corrected chi connectivity index (χ3v) is 2.68. The number of benzene rings is 1. The molecule has 0 atom stereocenters. The molecule has 0 bridgehead atoms. The number of aryl methyl sites for hydroxylation is 1. The van der Waals surface area contributed by atoms with Crippen LogP contribution in [0.25, 0.3) is 5.57 Å². The van der Waals surface area contributed by atoms with Crippen LogP contribution in [0.1, 0.15) is 37.0 Å². The molecule has 0 unspecified atom stereocenters. The van der Waals surface area contributed by atoms with Crippen LogP contribution in [0.15, 0.2) is 18.7 Å². The lowest BCUT2D eigenvalue weighted by Crippen LogP contribution is -1.98. The van der Waals surface area contributed by atoms with Crippen molar-refractivity contribution < 1.29 is 4.39 Å². The van der Waals surface area contributed by atoms with Gasteiger partial charge in [0.2, 0.25) is 0 Å². The average Bonchev–Trinajstić information content (AvgIpc) is 2.27. The fraction of sp³-hybridized carbons (Fsp3) is 0.385. The highest BCUT2D eigenvalue weighted by atomic mass is 19.1. The molecule has 1 aromatic rings. The molecule has 15 heavy (non-hydrogen) atoms. The van der Waals surface area contributed by atoms with Crippen LogP contribution in [0.2, 0.25) is 0 Å². The number of halogens is 1. The number of allylic oxidation sites excluding steroid dienone is 1. The van der Waals surface area contributed by atoms with Gasteiger partial charge in [0.25, 0.3) is 0 Å². The van der Waals surface area contributed by atoms with Gasteiger partial charge in [-0.1, -0.05) is 32.8 Å². The predicted octanol–water partition coefficient (Wildman–Crippen LogP) is 3.48. The van der Waals surface area contributed by atoms with Gasteiger partial charge in [-0.15, -0.1) is 0 Å². The summed E-state index contributed by atoms with van der Waals surface area (Å²) in [7, 11) is 5.47. The molecule has 0 aromatic heterocycles. The van der Waals surface area contributed by atoms with Crippen LogP contribution in [-0.2, 0) is 12.7 Å². The molecule has 0 saturated heterocycles. The fourth-order valence-electron chi connectivity index (χ4n) is 1.64. The molecule has 0 spiro atoms. The van der Waals surface area contributed by atoms with Gasteiger partial charge in [0, 0.05) is 0 Å². The summed E-state index contributed by atoms with van der Waals surface area (Å²) in [4.78, 5) is 0. The Kier molecular flexibility index (Phi) is 4.13. The molecule has 0 saturated carbocycles. The third kappa shape index (κ3) is 2.50. The average molecular weight is 202 g/mol. The molecule has 2 heteroatoms. The van der Waals surface area contributed by atoms with E-state index in [2.05, 4.69) is 13.5 Å². The minimum absolute atomic E-state index is 0.223. The van der Waals surface area contributed by atoms with Crippen molar-refractivity contribution in [2.75, 3.05) is 0 Å². The van der Waals surface area contributed by atoms with Gasteiger partial charge >= 0.3 is 0 Å². The van der Waals surface area contributed by atoms with E-state index in [9.17, 15) is 4.39 Å². The van der Waals surface area contributed by atoms with Gasteiger partial charge in [-0.2, -0.15) is 0 Å². The van der Waals surface area contributed by atoms with Gasteiger partial charge in [0.05, 0.1) is 7.85 Å². The van der Waals surface area contributed by atoms with E-state index in [0.717, 1.165) is 29.5 Å². The molecule has 0 amide bonds. The molecule has 0 N–H and O–H groups in total. The number of hydrogen-bond acceptors (Lipinski definition) is 0. The second kappa shape index (κ2) is 5.15. The normalized spacial score (nSPS) is 10.3. The van der Waals surface area contributed by atoms with Gasteiger partial charge in [-0.3, -0.25) is 0 Å². The Bertz CT molecular complexity index is 369. The van der Waals surface area contributed by atoms with Crippen LogP contribution in [0.3, 0.4) is 0 Å². The monoisotopic (exact) mass is 202 g/mol. The van der Waals surface area contributed by atoms with E-state index in [1.807, 2.05) is 13.0 Å². The fourth-order valence-corrected chi connectivity index (χ4v) is 1.64.